The van der Waals surface area contributed by atoms with Gasteiger partial charge in [-0.1, -0.05) is 6.07 Å². The third-order valence-corrected chi connectivity index (χ3v) is 2.93. The van der Waals surface area contributed by atoms with Crippen LogP contribution in [0.4, 0.5) is 0 Å². The summed E-state index contributed by atoms with van der Waals surface area (Å²) >= 11 is 3.34. The van der Waals surface area contributed by atoms with Gasteiger partial charge in [-0.15, -0.1) is 0 Å². The topological polar surface area (TPSA) is 33.2 Å². The van der Waals surface area contributed by atoms with E-state index < -0.39 is 0 Å². The van der Waals surface area contributed by atoms with Crippen LogP contribution < -0.4 is 0 Å². The van der Waals surface area contributed by atoms with E-state index in [2.05, 4.69) is 25.8 Å². The minimum Gasteiger partial charge on any atom is -0.298 e. The molecule has 1 aromatic rings. The molecule has 4 heteroatoms. The van der Waals surface area contributed by atoms with Crippen molar-refractivity contribution in [2.75, 3.05) is 13.1 Å². The number of carbonyl (C=O) groups is 1. The molecule has 0 bridgehead atoms. The number of rotatable bonds is 2. The monoisotopic (exact) mass is 268 g/mol. The summed E-state index contributed by atoms with van der Waals surface area (Å²) in [7, 11) is 0. The van der Waals surface area contributed by atoms with E-state index in [1.807, 2.05) is 18.2 Å². The molecule has 0 saturated carbocycles. The van der Waals surface area contributed by atoms with Gasteiger partial charge in [-0.2, -0.15) is 0 Å². The Morgan fingerprint density at radius 2 is 2.33 bits per heavy atom. The normalized spacial score (nSPS) is 18.1. The van der Waals surface area contributed by atoms with Crippen molar-refractivity contribution in [2.45, 2.75) is 19.4 Å². The van der Waals surface area contributed by atoms with Gasteiger partial charge in [0.2, 0.25) is 0 Å². The van der Waals surface area contributed by atoms with Crippen LogP contribution in [0.15, 0.2) is 22.8 Å². The van der Waals surface area contributed by atoms with Crippen molar-refractivity contribution in [3.05, 3.63) is 28.5 Å². The standard InChI is InChI=1S/C11H13BrN2O/c12-11-5-1-3-9(13-11)7-14-6-2-4-10(15)8-14/h1,3,5H,2,4,6-8H2. The minimum absolute atomic E-state index is 0.344. The number of ketones is 1. The molecule has 80 valence electrons. The minimum atomic E-state index is 0.344. The predicted molar refractivity (Wildman–Crippen MR) is 61.5 cm³/mol. The second-order valence-electron chi connectivity index (χ2n) is 3.80. The van der Waals surface area contributed by atoms with Crippen molar-refractivity contribution >= 4 is 21.7 Å². The summed E-state index contributed by atoms with van der Waals surface area (Å²) in [6.45, 7) is 2.35. The highest BCUT2D eigenvalue weighted by Gasteiger charge is 2.16. The highest BCUT2D eigenvalue weighted by atomic mass is 79.9. The molecule has 1 saturated heterocycles. The average Bonchev–Trinajstić information content (AvgIpc) is 2.17. The first kappa shape index (κ1) is 10.8. The van der Waals surface area contributed by atoms with Crippen LogP contribution in [-0.2, 0) is 11.3 Å². The maximum Gasteiger partial charge on any atom is 0.146 e. The number of piperidine rings is 1. The highest BCUT2D eigenvalue weighted by Crippen LogP contribution is 2.12. The summed E-state index contributed by atoms with van der Waals surface area (Å²) in [6.07, 6.45) is 1.72. The number of pyridine rings is 1. The number of carbonyl (C=O) groups excluding carboxylic acids is 1. The molecule has 0 amide bonds. The van der Waals surface area contributed by atoms with Crippen LogP contribution in [0.5, 0.6) is 0 Å². The van der Waals surface area contributed by atoms with Gasteiger partial charge >= 0.3 is 0 Å². The van der Waals surface area contributed by atoms with Gasteiger partial charge in [-0.3, -0.25) is 9.69 Å². The smallest absolute Gasteiger partial charge is 0.146 e. The molecule has 0 spiro atoms. The Bertz CT molecular complexity index is 367. The number of nitrogens with zero attached hydrogens (tertiary/aromatic N) is 2. The zero-order chi connectivity index (χ0) is 10.7. The third-order valence-electron chi connectivity index (χ3n) is 2.49. The van der Waals surface area contributed by atoms with Crippen LogP contribution in [0.2, 0.25) is 0 Å². The second-order valence-corrected chi connectivity index (χ2v) is 4.62. The number of Topliss-reactive ketones (excluding diaryl/α,β-unsaturated/α-hetero) is 1. The Kier molecular flexibility index (Phi) is 3.49. The van der Waals surface area contributed by atoms with Crippen molar-refractivity contribution < 1.29 is 4.79 Å². The molecule has 0 radical (unpaired) electrons. The highest BCUT2D eigenvalue weighted by molar-refractivity contribution is 9.10. The zero-order valence-electron chi connectivity index (χ0n) is 8.45. The lowest BCUT2D eigenvalue weighted by Crippen LogP contribution is -2.35. The lowest BCUT2D eigenvalue weighted by molar-refractivity contribution is -0.122. The van der Waals surface area contributed by atoms with E-state index in [9.17, 15) is 4.79 Å². The number of aromatic nitrogens is 1. The molecular formula is C11H13BrN2O. The molecule has 1 aliphatic rings. The Labute approximate surface area is 97.6 Å². The molecule has 3 nitrogen and oxygen atoms in total. The first-order valence-electron chi connectivity index (χ1n) is 5.09. The van der Waals surface area contributed by atoms with Gasteiger partial charge in [0.1, 0.15) is 10.4 Å². The molecule has 2 rings (SSSR count). The van der Waals surface area contributed by atoms with Gasteiger partial charge in [0.15, 0.2) is 0 Å². The van der Waals surface area contributed by atoms with Crippen LogP contribution in [0, 0.1) is 0 Å². The number of likely N-dealkylation sites (tertiary alicyclic amines) is 1. The molecule has 2 heterocycles. The molecule has 1 aromatic heterocycles. The van der Waals surface area contributed by atoms with E-state index >= 15 is 0 Å². The average molecular weight is 269 g/mol. The van der Waals surface area contributed by atoms with Crippen molar-refractivity contribution in [1.29, 1.82) is 0 Å². The van der Waals surface area contributed by atoms with E-state index in [0.29, 0.717) is 12.3 Å². The van der Waals surface area contributed by atoms with E-state index in [0.717, 1.165) is 36.2 Å². The van der Waals surface area contributed by atoms with Crippen molar-refractivity contribution in [3.8, 4) is 0 Å². The SMILES string of the molecule is O=C1CCCN(Cc2cccc(Br)n2)C1. The van der Waals surface area contributed by atoms with Crippen LogP contribution >= 0.6 is 15.9 Å². The molecular weight excluding hydrogens is 256 g/mol. The summed E-state index contributed by atoms with van der Waals surface area (Å²) in [5, 5.41) is 0. The maximum atomic E-state index is 11.3. The van der Waals surface area contributed by atoms with E-state index in [1.54, 1.807) is 0 Å². The Morgan fingerprint density at radius 1 is 1.47 bits per heavy atom. The summed E-state index contributed by atoms with van der Waals surface area (Å²) in [4.78, 5) is 17.8. The number of hydrogen-bond acceptors (Lipinski definition) is 3. The fourth-order valence-corrected chi connectivity index (χ4v) is 2.19. The molecule has 1 fully saturated rings. The van der Waals surface area contributed by atoms with Crippen LogP contribution in [0.25, 0.3) is 0 Å². The van der Waals surface area contributed by atoms with Gasteiger partial charge < -0.3 is 0 Å². The van der Waals surface area contributed by atoms with Crippen molar-refractivity contribution in [3.63, 3.8) is 0 Å². The Balaban J connectivity index is 1.99. The maximum absolute atomic E-state index is 11.3. The summed E-state index contributed by atoms with van der Waals surface area (Å²) in [6, 6.07) is 5.87. The summed E-state index contributed by atoms with van der Waals surface area (Å²) < 4.78 is 0.850. The van der Waals surface area contributed by atoms with Gasteiger partial charge in [0.05, 0.1) is 12.2 Å². The first-order chi connectivity index (χ1) is 7.24. The fraction of sp³-hybridized carbons (Fsp3) is 0.455. The second kappa shape index (κ2) is 4.86. The van der Waals surface area contributed by atoms with Gasteiger partial charge in [-0.25, -0.2) is 4.98 Å². The molecule has 0 N–H and O–H groups in total. The van der Waals surface area contributed by atoms with E-state index in [4.69, 9.17) is 0 Å². The quantitative estimate of drug-likeness (QED) is 0.770. The van der Waals surface area contributed by atoms with Gasteiger partial charge in [0, 0.05) is 13.0 Å². The molecule has 0 atom stereocenters. The first-order valence-corrected chi connectivity index (χ1v) is 5.89. The summed E-state index contributed by atoms with van der Waals surface area (Å²) in [5.74, 6) is 0.344. The van der Waals surface area contributed by atoms with E-state index in [-0.39, 0.29) is 0 Å². The van der Waals surface area contributed by atoms with Crippen molar-refractivity contribution in [1.82, 2.24) is 9.88 Å². The predicted octanol–water partition coefficient (Wildman–Crippen LogP) is 2.01. The molecule has 1 aliphatic heterocycles. The molecule has 0 aliphatic carbocycles. The van der Waals surface area contributed by atoms with Gasteiger partial charge in [-0.05, 0) is 41.0 Å². The molecule has 0 unspecified atom stereocenters. The fourth-order valence-electron chi connectivity index (χ4n) is 1.81. The van der Waals surface area contributed by atoms with Crippen LogP contribution in [0.1, 0.15) is 18.5 Å². The van der Waals surface area contributed by atoms with Gasteiger partial charge in [0.25, 0.3) is 0 Å². The van der Waals surface area contributed by atoms with Crippen molar-refractivity contribution in [2.24, 2.45) is 0 Å². The largest absolute Gasteiger partial charge is 0.298 e. The number of hydrogen-bond donors (Lipinski definition) is 0. The van der Waals surface area contributed by atoms with Crippen LogP contribution in [0.3, 0.4) is 0 Å². The third kappa shape index (κ3) is 3.11. The van der Waals surface area contributed by atoms with Crippen LogP contribution in [-0.4, -0.2) is 28.8 Å². The number of halogens is 1. The lowest BCUT2D eigenvalue weighted by Gasteiger charge is -2.24. The molecule has 0 aromatic carbocycles. The lowest BCUT2D eigenvalue weighted by atomic mass is 10.1. The Hall–Kier alpha value is -0.740. The molecule has 15 heavy (non-hydrogen) atoms. The summed E-state index contributed by atoms with van der Waals surface area (Å²) in [5.41, 5.74) is 1.01. The zero-order valence-corrected chi connectivity index (χ0v) is 10.0. The van der Waals surface area contributed by atoms with E-state index in [1.165, 1.54) is 0 Å². The Morgan fingerprint density at radius 3 is 3.07 bits per heavy atom.